The molecule has 6 heteroatoms. The van der Waals surface area contributed by atoms with Crippen LogP contribution in [0.15, 0.2) is 0 Å². The topological polar surface area (TPSA) is 109 Å². The Morgan fingerprint density at radius 3 is 0.867 bits per heavy atom. The van der Waals surface area contributed by atoms with E-state index >= 15 is 0 Å². The van der Waals surface area contributed by atoms with E-state index in [-0.39, 0.29) is 18.0 Å². The van der Waals surface area contributed by atoms with Gasteiger partial charge in [-0.3, -0.25) is 19.2 Å². The molecule has 0 fully saturated rings. The van der Waals surface area contributed by atoms with Gasteiger partial charge < -0.3 is 10.2 Å². The van der Waals surface area contributed by atoms with Gasteiger partial charge in [-0.2, -0.15) is 0 Å². The van der Waals surface area contributed by atoms with Crippen molar-refractivity contribution >= 4 is 23.5 Å². The van der Waals surface area contributed by atoms with Crippen LogP contribution in [-0.4, -0.2) is 33.7 Å². The fourth-order valence-corrected chi connectivity index (χ4v) is 0.351. The van der Waals surface area contributed by atoms with Gasteiger partial charge in [-0.15, -0.1) is 0 Å². The zero-order valence-corrected chi connectivity index (χ0v) is 9.23. The molecule has 0 aromatic carbocycles. The summed E-state index contributed by atoms with van der Waals surface area (Å²) in [5.74, 6) is -1.79. The number of carbonyl (C=O) groups excluding carboxylic acids is 2. The Morgan fingerprint density at radius 2 is 0.867 bits per heavy atom. The Hall–Kier alpha value is -1.72. The van der Waals surface area contributed by atoms with Crippen LogP contribution >= 0.6 is 0 Å². The van der Waals surface area contributed by atoms with Crippen molar-refractivity contribution in [2.75, 3.05) is 0 Å². The summed E-state index contributed by atoms with van der Waals surface area (Å²) in [4.78, 5) is 38.1. The van der Waals surface area contributed by atoms with E-state index in [2.05, 4.69) is 0 Å². The summed E-state index contributed by atoms with van der Waals surface area (Å²) < 4.78 is 0. The molecule has 0 amide bonds. The number of hydrogen-bond acceptors (Lipinski definition) is 4. The van der Waals surface area contributed by atoms with Gasteiger partial charge in [0.15, 0.2) is 0 Å². The Kier molecular flexibility index (Phi) is 15.5. The zero-order chi connectivity index (χ0) is 13.0. The molecule has 0 saturated heterocycles. The molecule has 0 saturated carbocycles. The molecule has 0 rings (SSSR count). The quantitative estimate of drug-likeness (QED) is 0.664. The van der Waals surface area contributed by atoms with E-state index in [0.29, 0.717) is 0 Å². The fourth-order valence-electron chi connectivity index (χ4n) is 0.351. The number of aliphatic carboxylic acids is 2. The third-order valence-electron chi connectivity index (χ3n) is 0.498. The van der Waals surface area contributed by atoms with Crippen LogP contribution in [0.1, 0.15) is 34.1 Å². The van der Waals surface area contributed by atoms with Crippen LogP contribution in [-0.2, 0) is 19.2 Å². The van der Waals surface area contributed by atoms with E-state index in [0.717, 1.165) is 13.8 Å². The molecule has 0 radical (unpaired) electrons. The summed E-state index contributed by atoms with van der Waals surface area (Å²) in [5.41, 5.74) is 0. The molecule has 0 spiro atoms. The Bertz CT molecular complexity index is 199. The van der Waals surface area contributed by atoms with Gasteiger partial charge in [0.25, 0.3) is 11.9 Å². The van der Waals surface area contributed by atoms with E-state index in [9.17, 15) is 9.59 Å². The van der Waals surface area contributed by atoms with Crippen molar-refractivity contribution in [1.29, 1.82) is 0 Å². The van der Waals surface area contributed by atoms with Gasteiger partial charge in [0.1, 0.15) is 11.6 Å². The lowest BCUT2D eigenvalue weighted by Crippen LogP contribution is -1.97. The van der Waals surface area contributed by atoms with Gasteiger partial charge in [-0.05, 0) is 13.8 Å². The van der Waals surface area contributed by atoms with Crippen molar-refractivity contribution < 1.29 is 29.4 Å². The van der Waals surface area contributed by atoms with Crippen LogP contribution in [0.5, 0.6) is 0 Å². The Labute approximate surface area is 87.9 Å². The molecule has 0 atom stereocenters. The number of carbonyl (C=O) groups is 4. The summed E-state index contributed by atoms with van der Waals surface area (Å²) in [6, 6.07) is 0. The minimum Gasteiger partial charge on any atom is -0.481 e. The molecule has 0 unspecified atom stereocenters. The fraction of sp³-hybridized carbons (Fsp3) is 0.556. The lowest BCUT2D eigenvalue weighted by atomic mass is 10.2. The highest BCUT2D eigenvalue weighted by Crippen LogP contribution is 1.80. The molecular weight excluding hydrogens is 204 g/mol. The van der Waals surface area contributed by atoms with Gasteiger partial charge in [-0.1, -0.05) is 0 Å². The standard InChI is InChI=1S/C5H8O2.2C2H4O2/c1-4(6)3-5(2)7;2*1-2(3)4/h3H2,1-2H3;2*1H3,(H,3,4). The van der Waals surface area contributed by atoms with Gasteiger partial charge in [0.05, 0.1) is 6.42 Å². The molecule has 6 nitrogen and oxygen atoms in total. The highest BCUT2D eigenvalue weighted by Gasteiger charge is 1.94. The first-order chi connectivity index (χ1) is 6.59. The molecular formula is C9H16O6. The summed E-state index contributed by atoms with van der Waals surface area (Å²) in [5, 5.41) is 14.8. The number of Topliss-reactive ketones (excluding diaryl/α,β-unsaturated/α-hetero) is 2. The van der Waals surface area contributed by atoms with Crippen molar-refractivity contribution in [2.45, 2.75) is 34.1 Å². The smallest absolute Gasteiger partial charge is 0.300 e. The molecule has 88 valence electrons. The number of rotatable bonds is 2. The average Bonchev–Trinajstić information content (AvgIpc) is 1.78. The largest absolute Gasteiger partial charge is 0.481 e. The molecule has 0 aliphatic carbocycles. The predicted octanol–water partition coefficient (Wildman–Crippen LogP) is 0.736. The molecule has 0 bridgehead atoms. The van der Waals surface area contributed by atoms with Crippen molar-refractivity contribution in [1.82, 2.24) is 0 Å². The summed E-state index contributed by atoms with van der Waals surface area (Å²) in [6.45, 7) is 4.97. The van der Waals surface area contributed by atoms with Gasteiger partial charge in [0, 0.05) is 13.8 Å². The predicted molar refractivity (Wildman–Crippen MR) is 52.6 cm³/mol. The normalized spacial score (nSPS) is 7.20. The molecule has 15 heavy (non-hydrogen) atoms. The number of ketones is 2. The van der Waals surface area contributed by atoms with E-state index < -0.39 is 11.9 Å². The van der Waals surface area contributed by atoms with E-state index in [1.54, 1.807) is 0 Å². The highest BCUT2D eigenvalue weighted by atomic mass is 16.4. The molecule has 0 aliphatic heterocycles. The van der Waals surface area contributed by atoms with Gasteiger partial charge in [0.2, 0.25) is 0 Å². The number of carboxylic acid groups (broad SMARTS) is 2. The van der Waals surface area contributed by atoms with E-state index in [4.69, 9.17) is 19.8 Å². The maximum absolute atomic E-state index is 10.0. The van der Waals surface area contributed by atoms with Crippen LogP contribution in [0.4, 0.5) is 0 Å². The van der Waals surface area contributed by atoms with E-state index in [1.165, 1.54) is 13.8 Å². The van der Waals surface area contributed by atoms with Crippen molar-refractivity contribution in [3.05, 3.63) is 0 Å². The van der Waals surface area contributed by atoms with Crippen LogP contribution in [0.25, 0.3) is 0 Å². The molecule has 2 N–H and O–H groups in total. The first-order valence-electron chi connectivity index (χ1n) is 3.97. The second-order valence-corrected chi connectivity index (χ2v) is 2.62. The maximum atomic E-state index is 10.0. The van der Waals surface area contributed by atoms with Gasteiger partial charge >= 0.3 is 0 Å². The van der Waals surface area contributed by atoms with Crippen LogP contribution in [0.3, 0.4) is 0 Å². The average molecular weight is 220 g/mol. The maximum Gasteiger partial charge on any atom is 0.300 e. The van der Waals surface area contributed by atoms with Crippen LogP contribution in [0, 0.1) is 0 Å². The summed E-state index contributed by atoms with van der Waals surface area (Å²) in [6.07, 6.45) is 0.0833. The third kappa shape index (κ3) is 250. The van der Waals surface area contributed by atoms with Crippen LogP contribution < -0.4 is 0 Å². The first kappa shape index (κ1) is 18.9. The molecule has 0 aliphatic rings. The highest BCUT2D eigenvalue weighted by molar-refractivity contribution is 5.96. The molecule has 0 heterocycles. The summed E-state index contributed by atoms with van der Waals surface area (Å²) in [7, 11) is 0. The number of carboxylic acids is 2. The van der Waals surface area contributed by atoms with Gasteiger partial charge in [-0.25, -0.2) is 0 Å². The van der Waals surface area contributed by atoms with Crippen molar-refractivity contribution in [3.8, 4) is 0 Å². The summed E-state index contributed by atoms with van der Waals surface area (Å²) >= 11 is 0. The lowest BCUT2D eigenvalue weighted by Gasteiger charge is -1.81. The number of hydrogen-bond donors (Lipinski definition) is 2. The van der Waals surface area contributed by atoms with Crippen molar-refractivity contribution in [3.63, 3.8) is 0 Å². The SMILES string of the molecule is CC(=O)CC(C)=O.CC(=O)O.CC(=O)O. The molecule has 0 aromatic rings. The zero-order valence-electron chi connectivity index (χ0n) is 9.23. The third-order valence-corrected chi connectivity index (χ3v) is 0.498. The minimum absolute atomic E-state index is 0.0625. The molecule has 0 aromatic heterocycles. The first-order valence-corrected chi connectivity index (χ1v) is 3.97. The van der Waals surface area contributed by atoms with Crippen molar-refractivity contribution in [2.24, 2.45) is 0 Å². The van der Waals surface area contributed by atoms with Crippen LogP contribution in [0.2, 0.25) is 0 Å². The monoisotopic (exact) mass is 220 g/mol. The second kappa shape index (κ2) is 12.3. The second-order valence-electron chi connectivity index (χ2n) is 2.62. The van der Waals surface area contributed by atoms with E-state index in [1.807, 2.05) is 0 Å². The lowest BCUT2D eigenvalue weighted by molar-refractivity contribution is -0.135. The Balaban J connectivity index is -0.000000155. The Morgan fingerprint density at radius 1 is 0.733 bits per heavy atom. The minimum atomic E-state index is -0.833.